The second kappa shape index (κ2) is 6.51. The van der Waals surface area contributed by atoms with Crippen LogP contribution in [0.25, 0.3) is 0 Å². The number of hydrogen-bond acceptors (Lipinski definition) is 4. The number of aliphatic hydroxyl groups is 1. The zero-order valence-electron chi connectivity index (χ0n) is 11.3. The third kappa shape index (κ3) is 3.78. The van der Waals surface area contributed by atoms with Crippen molar-refractivity contribution in [2.45, 2.75) is 6.10 Å². The third-order valence-corrected chi connectivity index (χ3v) is 3.48. The van der Waals surface area contributed by atoms with E-state index in [0.717, 1.165) is 4.90 Å². The predicted octanol–water partition coefficient (Wildman–Crippen LogP) is 1.63. The number of ether oxygens (including phenoxy) is 1. The number of imide groups is 1. The maximum absolute atomic E-state index is 11.7. The second-order valence-corrected chi connectivity index (χ2v) is 5.53. The molecular formula is C13H14Cl2N2O4. The average Bonchev–Trinajstić information content (AvgIpc) is 2.64. The van der Waals surface area contributed by atoms with Gasteiger partial charge >= 0.3 is 6.03 Å². The molecule has 8 heteroatoms. The summed E-state index contributed by atoms with van der Waals surface area (Å²) in [5.41, 5.74) is 0. The number of β-amino-alcohol motifs (C(OH)–C–C–N with tert-alkyl or cyclic N) is 1. The van der Waals surface area contributed by atoms with Gasteiger partial charge in [-0.3, -0.25) is 9.69 Å². The van der Waals surface area contributed by atoms with Crippen LogP contribution in [-0.4, -0.2) is 59.7 Å². The van der Waals surface area contributed by atoms with E-state index in [1.165, 1.54) is 18.0 Å². The van der Waals surface area contributed by atoms with E-state index in [1.807, 2.05) is 0 Å². The normalized spacial score (nSPS) is 16.6. The zero-order valence-corrected chi connectivity index (χ0v) is 12.8. The summed E-state index contributed by atoms with van der Waals surface area (Å²) in [6.07, 6.45) is -1.00. The maximum atomic E-state index is 11.7. The van der Waals surface area contributed by atoms with Crippen LogP contribution in [0, 0.1) is 0 Å². The first-order valence-electron chi connectivity index (χ1n) is 6.20. The van der Waals surface area contributed by atoms with E-state index < -0.39 is 12.1 Å². The fraction of sp³-hybridized carbons (Fsp3) is 0.385. The second-order valence-electron chi connectivity index (χ2n) is 4.68. The van der Waals surface area contributed by atoms with Crippen molar-refractivity contribution in [3.05, 3.63) is 28.2 Å². The van der Waals surface area contributed by atoms with E-state index in [2.05, 4.69) is 0 Å². The number of halogens is 2. The number of carbonyl (C=O) groups excluding carboxylic acids is 2. The molecule has 1 aromatic rings. The predicted molar refractivity (Wildman–Crippen MR) is 77.7 cm³/mol. The lowest BCUT2D eigenvalue weighted by Gasteiger charge is -2.19. The highest BCUT2D eigenvalue weighted by atomic mass is 35.5. The smallest absolute Gasteiger partial charge is 0.327 e. The minimum Gasteiger partial charge on any atom is -0.489 e. The van der Waals surface area contributed by atoms with Crippen LogP contribution >= 0.6 is 23.2 Å². The van der Waals surface area contributed by atoms with Gasteiger partial charge in [0.05, 0.1) is 11.6 Å². The van der Waals surface area contributed by atoms with Crippen molar-refractivity contribution in [1.29, 1.82) is 0 Å². The van der Waals surface area contributed by atoms with Crippen LogP contribution < -0.4 is 4.74 Å². The molecule has 21 heavy (non-hydrogen) atoms. The van der Waals surface area contributed by atoms with Gasteiger partial charge in [-0.2, -0.15) is 0 Å². The number of nitrogens with zero attached hydrogens (tertiary/aromatic N) is 2. The van der Waals surface area contributed by atoms with Gasteiger partial charge in [-0.25, -0.2) is 4.79 Å². The van der Waals surface area contributed by atoms with Crippen molar-refractivity contribution in [2.75, 3.05) is 26.7 Å². The molecule has 1 atom stereocenters. The molecule has 1 N–H and O–H groups in total. The minimum atomic E-state index is -1.00. The molecule has 1 aromatic carbocycles. The molecule has 0 saturated carbocycles. The molecule has 2 rings (SSSR count). The van der Waals surface area contributed by atoms with Crippen LogP contribution in [-0.2, 0) is 4.79 Å². The van der Waals surface area contributed by atoms with E-state index in [0.29, 0.717) is 15.8 Å². The van der Waals surface area contributed by atoms with Gasteiger partial charge in [-0.1, -0.05) is 23.2 Å². The van der Waals surface area contributed by atoms with Gasteiger partial charge in [-0.15, -0.1) is 0 Å². The summed E-state index contributed by atoms with van der Waals surface area (Å²) in [4.78, 5) is 25.5. The Balaban J connectivity index is 1.89. The first kappa shape index (κ1) is 15.9. The molecule has 1 fully saturated rings. The summed E-state index contributed by atoms with van der Waals surface area (Å²) in [5, 5.41) is 10.7. The number of rotatable bonds is 5. The summed E-state index contributed by atoms with van der Waals surface area (Å²) in [6, 6.07) is 4.28. The number of aliphatic hydroxyl groups excluding tert-OH is 1. The SMILES string of the molecule is CN1CC(=O)N(C[C@H](O)COc2ccc(Cl)cc2Cl)C1=O. The minimum absolute atomic E-state index is 0.0232. The lowest BCUT2D eigenvalue weighted by molar-refractivity contribution is -0.126. The Morgan fingerprint density at radius 3 is 2.67 bits per heavy atom. The molecule has 0 bridgehead atoms. The standard InChI is InChI=1S/C13H14Cl2N2O4/c1-16-6-12(19)17(13(16)20)5-9(18)7-21-11-3-2-8(14)4-10(11)15/h2-4,9,18H,5-7H2,1H3/t9-/m0/s1. The molecule has 114 valence electrons. The summed E-state index contributed by atoms with van der Waals surface area (Å²) >= 11 is 11.7. The topological polar surface area (TPSA) is 70.1 Å². The highest BCUT2D eigenvalue weighted by molar-refractivity contribution is 6.35. The number of likely N-dealkylation sites (N-methyl/N-ethyl adjacent to an activating group) is 1. The van der Waals surface area contributed by atoms with Crippen LogP contribution in [0.3, 0.4) is 0 Å². The van der Waals surface area contributed by atoms with Gasteiger partial charge in [0.1, 0.15) is 25.0 Å². The Bertz CT molecular complexity index is 567. The Morgan fingerprint density at radius 1 is 1.38 bits per heavy atom. The van der Waals surface area contributed by atoms with Crippen molar-refractivity contribution in [1.82, 2.24) is 9.80 Å². The molecule has 6 nitrogen and oxygen atoms in total. The molecule has 3 amide bonds. The van der Waals surface area contributed by atoms with Crippen molar-refractivity contribution in [3.63, 3.8) is 0 Å². The monoisotopic (exact) mass is 332 g/mol. The molecule has 1 saturated heterocycles. The first-order chi connectivity index (χ1) is 9.88. The van der Waals surface area contributed by atoms with Crippen LogP contribution in [0.4, 0.5) is 4.79 Å². The van der Waals surface area contributed by atoms with E-state index in [4.69, 9.17) is 27.9 Å². The van der Waals surface area contributed by atoms with Gasteiger partial charge in [-0.05, 0) is 18.2 Å². The summed E-state index contributed by atoms with van der Waals surface area (Å²) < 4.78 is 5.36. The Kier molecular flexibility index (Phi) is 4.92. The highest BCUT2D eigenvalue weighted by Crippen LogP contribution is 2.27. The quantitative estimate of drug-likeness (QED) is 0.832. The summed E-state index contributed by atoms with van der Waals surface area (Å²) in [6.45, 7) is -0.190. The average molecular weight is 333 g/mol. The van der Waals surface area contributed by atoms with Gasteiger partial charge in [0.2, 0.25) is 5.91 Å². The van der Waals surface area contributed by atoms with Crippen LogP contribution in [0.2, 0.25) is 10.0 Å². The van der Waals surface area contributed by atoms with Crippen molar-refractivity contribution in [3.8, 4) is 5.75 Å². The number of hydrogen-bond donors (Lipinski definition) is 1. The molecule has 0 spiro atoms. The van der Waals surface area contributed by atoms with Crippen LogP contribution in [0.1, 0.15) is 0 Å². The molecule has 0 unspecified atom stereocenters. The Morgan fingerprint density at radius 2 is 2.10 bits per heavy atom. The molecule has 0 aliphatic carbocycles. The Labute approximate surface area is 131 Å². The third-order valence-electron chi connectivity index (χ3n) is 2.95. The molecule has 1 aliphatic rings. The first-order valence-corrected chi connectivity index (χ1v) is 6.95. The van der Waals surface area contributed by atoms with Crippen molar-refractivity contribution < 1.29 is 19.4 Å². The van der Waals surface area contributed by atoms with Gasteiger partial charge < -0.3 is 14.7 Å². The van der Waals surface area contributed by atoms with Gasteiger partial charge in [0.25, 0.3) is 0 Å². The lowest BCUT2D eigenvalue weighted by Crippen LogP contribution is -2.40. The fourth-order valence-electron chi connectivity index (χ4n) is 1.89. The molecule has 1 aliphatic heterocycles. The zero-order chi connectivity index (χ0) is 15.6. The maximum Gasteiger partial charge on any atom is 0.327 e. The lowest BCUT2D eigenvalue weighted by atomic mass is 10.3. The molecule has 0 aromatic heterocycles. The van der Waals surface area contributed by atoms with Crippen molar-refractivity contribution in [2.24, 2.45) is 0 Å². The van der Waals surface area contributed by atoms with Crippen LogP contribution in [0.15, 0.2) is 18.2 Å². The Hall–Kier alpha value is -1.50. The number of carbonyl (C=O) groups is 2. The molecular weight excluding hydrogens is 319 g/mol. The largest absolute Gasteiger partial charge is 0.489 e. The van der Waals surface area contributed by atoms with E-state index in [1.54, 1.807) is 12.1 Å². The van der Waals surface area contributed by atoms with Gasteiger partial charge in [0, 0.05) is 12.1 Å². The van der Waals surface area contributed by atoms with E-state index >= 15 is 0 Å². The van der Waals surface area contributed by atoms with Gasteiger partial charge in [0.15, 0.2) is 0 Å². The fourth-order valence-corrected chi connectivity index (χ4v) is 2.35. The number of benzene rings is 1. The highest BCUT2D eigenvalue weighted by Gasteiger charge is 2.34. The van der Waals surface area contributed by atoms with Crippen molar-refractivity contribution >= 4 is 35.1 Å². The molecule has 0 radical (unpaired) electrons. The number of amides is 3. The number of urea groups is 1. The summed E-state index contributed by atoms with van der Waals surface area (Å²) in [5.74, 6) is 0.0300. The van der Waals surface area contributed by atoms with E-state index in [9.17, 15) is 14.7 Å². The summed E-state index contributed by atoms with van der Waals surface area (Å²) in [7, 11) is 1.52. The van der Waals surface area contributed by atoms with E-state index in [-0.39, 0.29) is 25.6 Å². The van der Waals surface area contributed by atoms with Crippen LogP contribution in [0.5, 0.6) is 5.75 Å². The molecule has 1 heterocycles.